The molecular formula is C10H9N4O. The zero-order valence-electron chi connectivity index (χ0n) is 8.11. The quantitative estimate of drug-likeness (QED) is 0.734. The molecule has 0 unspecified atom stereocenters. The highest BCUT2D eigenvalue weighted by Crippen LogP contribution is 2.19. The maximum absolute atomic E-state index is 10.1. The molecule has 2 rings (SSSR count). The van der Waals surface area contributed by atoms with Crippen molar-refractivity contribution in [3.05, 3.63) is 30.1 Å². The summed E-state index contributed by atoms with van der Waals surface area (Å²) in [5.74, 6) is 0.515. The van der Waals surface area contributed by atoms with Crippen molar-refractivity contribution in [1.29, 1.82) is 0 Å². The lowest BCUT2D eigenvalue weighted by atomic mass is 10.2. The van der Waals surface area contributed by atoms with Gasteiger partial charge in [0.2, 0.25) is 0 Å². The van der Waals surface area contributed by atoms with E-state index in [0.717, 1.165) is 16.8 Å². The SMILES string of the molecule is Cc1cncc(-c2cc(N[C]=O)[nH]n2)c1. The van der Waals surface area contributed by atoms with Crippen LogP contribution in [-0.2, 0) is 4.79 Å². The Morgan fingerprint density at radius 1 is 1.40 bits per heavy atom. The van der Waals surface area contributed by atoms with Crippen LogP contribution in [0.3, 0.4) is 0 Å². The van der Waals surface area contributed by atoms with Gasteiger partial charge in [-0.2, -0.15) is 5.10 Å². The second kappa shape index (κ2) is 3.91. The van der Waals surface area contributed by atoms with Gasteiger partial charge >= 0.3 is 6.41 Å². The molecule has 0 saturated heterocycles. The van der Waals surface area contributed by atoms with E-state index in [0.29, 0.717) is 5.82 Å². The fourth-order valence-corrected chi connectivity index (χ4v) is 1.28. The number of anilines is 1. The van der Waals surface area contributed by atoms with Crippen molar-refractivity contribution >= 4 is 12.2 Å². The molecule has 0 fully saturated rings. The molecule has 1 radical (unpaired) electrons. The second-order valence-electron chi connectivity index (χ2n) is 3.14. The Morgan fingerprint density at radius 3 is 3.00 bits per heavy atom. The van der Waals surface area contributed by atoms with E-state index in [1.54, 1.807) is 24.9 Å². The van der Waals surface area contributed by atoms with E-state index in [1.807, 2.05) is 13.0 Å². The normalized spacial score (nSPS) is 9.93. The van der Waals surface area contributed by atoms with Crippen molar-refractivity contribution in [3.63, 3.8) is 0 Å². The molecule has 0 atom stereocenters. The van der Waals surface area contributed by atoms with E-state index in [4.69, 9.17) is 0 Å². The molecule has 2 heterocycles. The Balaban J connectivity index is 2.32. The van der Waals surface area contributed by atoms with Crippen molar-refractivity contribution in [3.8, 4) is 11.3 Å². The largest absolute Gasteiger partial charge is 0.315 e. The topological polar surface area (TPSA) is 70.7 Å². The van der Waals surface area contributed by atoms with E-state index < -0.39 is 0 Å². The number of hydrogen-bond donors (Lipinski definition) is 2. The van der Waals surface area contributed by atoms with Gasteiger partial charge in [-0.3, -0.25) is 14.9 Å². The molecule has 2 aromatic rings. The minimum absolute atomic E-state index is 0.515. The lowest BCUT2D eigenvalue weighted by molar-refractivity contribution is 0.561. The lowest BCUT2D eigenvalue weighted by Gasteiger charge is -1.95. The van der Waals surface area contributed by atoms with Gasteiger partial charge < -0.3 is 5.32 Å². The average molecular weight is 201 g/mol. The molecule has 0 aliphatic rings. The molecule has 15 heavy (non-hydrogen) atoms. The monoisotopic (exact) mass is 201 g/mol. The van der Waals surface area contributed by atoms with Crippen molar-refractivity contribution < 1.29 is 4.79 Å². The van der Waals surface area contributed by atoms with Crippen molar-refractivity contribution in [2.45, 2.75) is 6.92 Å². The Labute approximate surface area is 86.5 Å². The Hall–Kier alpha value is -2.17. The van der Waals surface area contributed by atoms with Gasteiger partial charge in [-0.1, -0.05) is 0 Å². The number of pyridine rings is 1. The number of rotatable bonds is 3. The summed E-state index contributed by atoms with van der Waals surface area (Å²) in [6.45, 7) is 1.96. The van der Waals surface area contributed by atoms with Gasteiger partial charge in [0.15, 0.2) is 0 Å². The van der Waals surface area contributed by atoms with Crippen LogP contribution in [0.15, 0.2) is 24.5 Å². The molecule has 0 bridgehead atoms. The molecule has 0 aliphatic carbocycles. The van der Waals surface area contributed by atoms with E-state index in [-0.39, 0.29) is 0 Å². The van der Waals surface area contributed by atoms with E-state index >= 15 is 0 Å². The van der Waals surface area contributed by atoms with Gasteiger partial charge in [-0.25, -0.2) is 0 Å². The molecule has 75 valence electrons. The summed E-state index contributed by atoms with van der Waals surface area (Å²) in [6.07, 6.45) is 5.07. The number of H-pyrrole nitrogens is 1. The van der Waals surface area contributed by atoms with E-state index in [2.05, 4.69) is 20.5 Å². The fraction of sp³-hybridized carbons (Fsp3) is 0.100. The van der Waals surface area contributed by atoms with Crippen LogP contribution in [0.25, 0.3) is 11.3 Å². The molecule has 0 aliphatic heterocycles. The number of carbonyl (C=O) groups excluding carboxylic acids is 1. The predicted molar refractivity (Wildman–Crippen MR) is 55.9 cm³/mol. The second-order valence-corrected chi connectivity index (χ2v) is 3.14. The molecular weight excluding hydrogens is 192 g/mol. The molecule has 1 amide bonds. The lowest BCUT2D eigenvalue weighted by Crippen LogP contribution is -1.92. The molecule has 5 nitrogen and oxygen atoms in total. The van der Waals surface area contributed by atoms with Gasteiger partial charge in [-0.05, 0) is 18.6 Å². The highest BCUT2D eigenvalue weighted by atomic mass is 16.1. The standard InChI is InChI=1S/C10H9N4O/c1-7-2-8(5-11-4-7)9-3-10(12-6-15)14-13-9/h2-5H,1H3,(H2,12,13,14,15). The van der Waals surface area contributed by atoms with Crippen LogP contribution in [0.2, 0.25) is 0 Å². The van der Waals surface area contributed by atoms with Gasteiger partial charge in [-0.15, -0.1) is 0 Å². The molecule has 0 aromatic carbocycles. The summed E-state index contributed by atoms with van der Waals surface area (Å²) in [7, 11) is 0. The average Bonchev–Trinajstić information content (AvgIpc) is 2.67. The third-order valence-corrected chi connectivity index (χ3v) is 1.93. The molecule has 5 heteroatoms. The number of nitrogens with zero attached hydrogens (tertiary/aromatic N) is 2. The number of aryl methyl sites for hydroxylation is 1. The third-order valence-electron chi connectivity index (χ3n) is 1.93. The summed E-state index contributed by atoms with van der Waals surface area (Å²) in [5, 5.41) is 9.08. The minimum Gasteiger partial charge on any atom is -0.303 e. The highest BCUT2D eigenvalue weighted by molar-refractivity contribution is 5.72. The third kappa shape index (κ3) is 2.01. The van der Waals surface area contributed by atoms with Crippen LogP contribution in [0.1, 0.15) is 5.56 Å². The Morgan fingerprint density at radius 2 is 2.27 bits per heavy atom. The van der Waals surface area contributed by atoms with Gasteiger partial charge in [0.1, 0.15) is 5.82 Å². The molecule has 2 N–H and O–H groups in total. The van der Waals surface area contributed by atoms with Crippen molar-refractivity contribution in [1.82, 2.24) is 15.2 Å². The summed E-state index contributed by atoms with van der Waals surface area (Å²) < 4.78 is 0. The Bertz CT molecular complexity index is 478. The zero-order chi connectivity index (χ0) is 10.7. The first-order valence-corrected chi connectivity index (χ1v) is 4.40. The Kier molecular flexibility index (Phi) is 2.45. The van der Waals surface area contributed by atoms with Crippen LogP contribution >= 0.6 is 0 Å². The van der Waals surface area contributed by atoms with Crippen molar-refractivity contribution in [2.75, 3.05) is 5.32 Å². The minimum atomic E-state index is 0.515. The van der Waals surface area contributed by atoms with Gasteiger partial charge in [0, 0.05) is 24.0 Å². The van der Waals surface area contributed by atoms with Crippen LogP contribution in [0, 0.1) is 6.92 Å². The van der Waals surface area contributed by atoms with Crippen LogP contribution in [0.5, 0.6) is 0 Å². The first-order valence-electron chi connectivity index (χ1n) is 4.40. The first kappa shape index (κ1) is 9.39. The van der Waals surface area contributed by atoms with Gasteiger partial charge in [0.25, 0.3) is 0 Å². The maximum atomic E-state index is 10.1. The number of aromatic nitrogens is 3. The number of hydrogen-bond acceptors (Lipinski definition) is 3. The summed E-state index contributed by atoms with van der Waals surface area (Å²) in [5.41, 5.74) is 2.71. The van der Waals surface area contributed by atoms with Crippen molar-refractivity contribution in [2.24, 2.45) is 0 Å². The first-order chi connectivity index (χ1) is 7.29. The predicted octanol–water partition coefficient (Wildman–Crippen LogP) is 1.26. The molecule has 0 spiro atoms. The summed E-state index contributed by atoms with van der Waals surface area (Å²) in [6, 6.07) is 3.69. The zero-order valence-corrected chi connectivity index (χ0v) is 8.11. The molecule has 0 saturated carbocycles. The highest BCUT2D eigenvalue weighted by Gasteiger charge is 2.03. The summed E-state index contributed by atoms with van der Waals surface area (Å²) >= 11 is 0. The van der Waals surface area contributed by atoms with Gasteiger partial charge in [0.05, 0.1) is 5.69 Å². The smallest absolute Gasteiger partial charge is 0.303 e. The number of nitrogens with one attached hydrogen (secondary N) is 2. The van der Waals surface area contributed by atoms with E-state index in [9.17, 15) is 4.79 Å². The maximum Gasteiger partial charge on any atom is 0.315 e. The van der Waals surface area contributed by atoms with Crippen LogP contribution < -0.4 is 5.32 Å². The summed E-state index contributed by atoms with van der Waals surface area (Å²) in [4.78, 5) is 14.1. The van der Waals surface area contributed by atoms with Crippen LogP contribution in [-0.4, -0.2) is 21.6 Å². The van der Waals surface area contributed by atoms with Crippen LogP contribution in [0.4, 0.5) is 5.82 Å². The van der Waals surface area contributed by atoms with E-state index in [1.165, 1.54) is 0 Å². The fourth-order valence-electron chi connectivity index (χ4n) is 1.28. The number of amides is 1. The molecule has 2 aromatic heterocycles. The number of aromatic amines is 1.